The molecule has 1 aromatic rings. The van der Waals surface area contributed by atoms with Gasteiger partial charge < -0.3 is 19.7 Å². The number of ether oxygens (including phenoxy) is 2. The number of para-hydroxylation sites is 1. The minimum atomic E-state index is -0.108. The van der Waals surface area contributed by atoms with Crippen LogP contribution >= 0.6 is 24.0 Å². The van der Waals surface area contributed by atoms with Crippen LogP contribution in [0.3, 0.4) is 0 Å². The molecule has 1 N–H and O–H groups in total. The minimum Gasteiger partial charge on any atom is -0.489 e. The first-order valence-corrected chi connectivity index (χ1v) is 8.98. The zero-order valence-corrected chi connectivity index (χ0v) is 18.1. The first-order valence-electron chi connectivity index (χ1n) is 8.98. The number of carbonyl (C=O) groups is 1. The predicted octanol–water partition coefficient (Wildman–Crippen LogP) is 2.92. The number of nitrogens with one attached hydrogen (secondary N) is 1. The van der Waals surface area contributed by atoms with E-state index < -0.39 is 0 Å². The SMILES string of the molecule is CCOC(=O)C1CCCN(C(=NC)NCC(C)Oc2ccccc2)C1.I. The summed E-state index contributed by atoms with van der Waals surface area (Å²) in [5.74, 6) is 1.47. The van der Waals surface area contributed by atoms with Gasteiger partial charge in [-0.25, -0.2) is 0 Å². The van der Waals surface area contributed by atoms with Gasteiger partial charge in [0.05, 0.1) is 19.1 Å². The number of rotatable bonds is 6. The highest BCUT2D eigenvalue weighted by molar-refractivity contribution is 14.0. The number of guanidine groups is 1. The van der Waals surface area contributed by atoms with Crippen molar-refractivity contribution >= 4 is 35.9 Å². The van der Waals surface area contributed by atoms with Gasteiger partial charge in [-0.1, -0.05) is 18.2 Å². The lowest BCUT2D eigenvalue weighted by Gasteiger charge is -2.34. The van der Waals surface area contributed by atoms with Crippen LogP contribution in [0.1, 0.15) is 26.7 Å². The van der Waals surface area contributed by atoms with Crippen molar-refractivity contribution in [1.29, 1.82) is 0 Å². The van der Waals surface area contributed by atoms with E-state index in [1.165, 1.54) is 0 Å². The minimum absolute atomic E-state index is 0. The normalized spacial score (nSPS) is 18.5. The summed E-state index contributed by atoms with van der Waals surface area (Å²) in [4.78, 5) is 18.5. The van der Waals surface area contributed by atoms with Gasteiger partial charge in [0, 0.05) is 20.1 Å². The number of piperidine rings is 1. The quantitative estimate of drug-likeness (QED) is 0.297. The number of hydrogen-bond donors (Lipinski definition) is 1. The number of benzene rings is 1. The molecular formula is C19H30IN3O3. The molecule has 0 amide bonds. The lowest BCUT2D eigenvalue weighted by Crippen LogP contribution is -2.49. The Kier molecular flexibility index (Phi) is 10.4. The van der Waals surface area contributed by atoms with Crippen LogP contribution in [0.5, 0.6) is 5.75 Å². The summed E-state index contributed by atoms with van der Waals surface area (Å²) in [6, 6.07) is 9.77. The number of halogens is 1. The lowest BCUT2D eigenvalue weighted by atomic mass is 9.98. The van der Waals surface area contributed by atoms with Crippen LogP contribution < -0.4 is 10.1 Å². The molecule has 1 heterocycles. The Morgan fingerprint density at radius 2 is 2.12 bits per heavy atom. The van der Waals surface area contributed by atoms with Crippen LogP contribution in [-0.2, 0) is 9.53 Å². The van der Waals surface area contributed by atoms with Crippen molar-refractivity contribution in [3.8, 4) is 5.75 Å². The van der Waals surface area contributed by atoms with E-state index in [9.17, 15) is 4.79 Å². The second kappa shape index (κ2) is 12.0. The zero-order chi connectivity index (χ0) is 18.1. The molecule has 1 aromatic carbocycles. The smallest absolute Gasteiger partial charge is 0.310 e. The van der Waals surface area contributed by atoms with Crippen molar-refractivity contribution in [2.45, 2.75) is 32.8 Å². The number of likely N-dealkylation sites (tertiary alicyclic amines) is 1. The Balaban J connectivity index is 0.00000338. The number of carbonyl (C=O) groups excluding carboxylic acids is 1. The second-order valence-corrected chi connectivity index (χ2v) is 6.21. The fourth-order valence-corrected chi connectivity index (χ4v) is 2.96. The molecule has 2 unspecified atom stereocenters. The fraction of sp³-hybridized carbons (Fsp3) is 0.579. The van der Waals surface area contributed by atoms with Gasteiger partial charge in [0.15, 0.2) is 5.96 Å². The summed E-state index contributed by atoms with van der Waals surface area (Å²) >= 11 is 0. The highest BCUT2D eigenvalue weighted by Crippen LogP contribution is 2.18. The Bertz CT molecular complexity index is 568. The van der Waals surface area contributed by atoms with Crippen LogP contribution in [0, 0.1) is 5.92 Å². The highest BCUT2D eigenvalue weighted by atomic mass is 127. The van der Waals surface area contributed by atoms with Crippen LogP contribution in [0.4, 0.5) is 0 Å². The molecule has 6 nitrogen and oxygen atoms in total. The van der Waals surface area contributed by atoms with Gasteiger partial charge in [-0.3, -0.25) is 9.79 Å². The molecule has 0 radical (unpaired) electrons. The van der Waals surface area contributed by atoms with Crippen molar-refractivity contribution in [1.82, 2.24) is 10.2 Å². The Morgan fingerprint density at radius 3 is 2.77 bits per heavy atom. The molecule has 0 aromatic heterocycles. The summed E-state index contributed by atoms with van der Waals surface area (Å²) in [6.07, 6.45) is 1.84. The molecule has 7 heteroatoms. The molecule has 0 aliphatic carbocycles. The standard InChI is InChI=1S/C19H29N3O3.HI/c1-4-24-18(23)16-9-8-12-22(14-16)19(20-3)21-13-15(2)25-17-10-6-5-7-11-17;/h5-7,10-11,15-16H,4,8-9,12-14H2,1-3H3,(H,20,21);1H. The Morgan fingerprint density at radius 1 is 1.38 bits per heavy atom. The highest BCUT2D eigenvalue weighted by Gasteiger charge is 2.28. The Labute approximate surface area is 173 Å². The van der Waals surface area contributed by atoms with E-state index in [1.54, 1.807) is 7.05 Å². The molecule has 1 fully saturated rings. The summed E-state index contributed by atoms with van der Waals surface area (Å²) < 4.78 is 11.0. The molecule has 2 atom stereocenters. The Hall–Kier alpha value is -1.51. The van der Waals surface area contributed by atoms with Gasteiger partial charge in [0.2, 0.25) is 0 Å². The molecule has 1 saturated heterocycles. The van der Waals surface area contributed by atoms with Crippen LogP contribution in [0.2, 0.25) is 0 Å². The summed E-state index contributed by atoms with van der Waals surface area (Å²) in [5.41, 5.74) is 0. The molecule has 0 bridgehead atoms. The lowest BCUT2D eigenvalue weighted by molar-refractivity contribution is -0.149. The molecule has 0 spiro atoms. The molecule has 146 valence electrons. The summed E-state index contributed by atoms with van der Waals surface area (Å²) in [7, 11) is 1.76. The van der Waals surface area contributed by atoms with Gasteiger partial charge >= 0.3 is 5.97 Å². The first-order chi connectivity index (χ1) is 12.1. The average molecular weight is 475 g/mol. The fourth-order valence-electron chi connectivity index (χ4n) is 2.96. The third-order valence-electron chi connectivity index (χ3n) is 4.18. The van der Waals surface area contributed by atoms with E-state index in [1.807, 2.05) is 44.2 Å². The molecule has 0 saturated carbocycles. The monoisotopic (exact) mass is 475 g/mol. The maximum Gasteiger partial charge on any atom is 0.310 e. The van der Waals surface area contributed by atoms with Crippen molar-refractivity contribution in [2.75, 3.05) is 33.3 Å². The van der Waals surface area contributed by atoms with Gasteiger partial charge in [0.25, 0.3) is 0 Å². The van der Waals surface area contributed by atoms with E-state index >= 15 is 0 Å². The maximum absolute atomic E-state index is 12.0. The number of nitrogens with zero attached hydrogens (tertiary/aromatic N) is 2. The molecule has 1 aliphatic heterocycles. The van der Waals surface area contributed by atoms with E-state index in [0.29, 0.717) is 19.7 Å². The third kappa shape index (κ3) is 7.01. The topological polar surface area (TPSA) is 63.2 Å². The number of hydrogen-bond acceptors (Lipinski definition) is 4. The largest absolute Gasteiger partial charge is 0.489 e. The number of aliphatic imine (C=N–C) groups is 1. The van der Waals surface area contributed by atoms with E-state index in [2.05, 4.69) is 15.2 Å². The van der Waals surface area contributed by atoms with Crippen molar-refractivity contribution < 1.29 is 14.3 Å². The maximum atomic E-state index is 12.0. The van der Waals surface area contributed by atoms with Crippen LogP contribution in [0.25, 0.3) is 0 Å². The zero-order valence-electron chi connectivity index (χ0n) is 15.8. The predicted molar refractivity (Wildman–Crippen MR) is 114 cm³/mol. The first kappa shape index (κ1) is 22.5. The van der Waals surface area contributed by atoms with Gasteiger partial charge in [-0.15, -0.1) is 24.0 Å². The van der Waals surface area contributed by atoms with Crippen molar-refractivity contribution in [3.05, 3.63) is 30.3 Å². The summed E-state index contributed by atoms with van der Waals surface area (Å²) in [5, 5.41) is 3.35. The molecule has 2 rings (SSSR count). The third-order valence-corrected chi connectivity index (χ3v) is 4.18. The van der Waals surface area contributed by atoms with E-state index in [-0.39, 0.29) is 42.0 Å². The van der Waals surface area contributed by atoms with Gasteiger partial charge in [-0.05, 0) is 38.8 Å². The number of esters is 1. The second-order valence-electron chi connectivity index (χ2n) is 6.21. The molecular weight excluding hydrogens is 445 g/mol. The molecule has 26 heavy (non-hydrogen) atoms. The van der Waals surface area contributed by atoms with Gasteiger partial charge in [0.1, 0.15) is 11.9 Å². The van der Waals surface area contributed by atoms with E-state index in [0.717, 1.165) is 31.1 Å². The summed E-state index contributed by atoms with van der Waals surface area (Å²) in [6.45, 7) is 6.47. The van der Waals surface area contributed by atoms with Crippen LogP contribution in [0.15, 0.2) is 35.3 Å². The average Bonchev–Trinajstić information content (AvgIpc) is 2.63. The van der Waals surface area contributed by atoms with E-state index in [4.69, 9.17) is 9.47 Å². The van der Waals surface area contributed by atoms with Crippen molar-refractivity contribution in [2.24, 2.45) is 10.9 Å². The van der Waals surface area contributed by atoms with Gasteiger partial charge in [-0.2, -0.15) is 0 Å². The van der Waals surface area contributed by atoms with Crippen LogP contribution in [-0.4, -0.2) is 56.2 Å². The van der Waals surface area contributed by atoms with Crippen molar-refractivity contribution in [3.63, 3.8) is 0 Å². The molecule has 1 aliphatic rings.